The van der Waals surface area contributed by atoms with Gasteiger partial charge in [0.1, 0.15) is 6.04 Å². The van der Waals surface area contributed by atoms with Crippen molar-refractivity contribution in [3.05, 3.63) is 36.0 Å². The second-order valence-electron chi connectivity index (χ2n) is 7.08. The molecule has 1 aromatic heterocycles. The van der Waals surface area contributed by atoms with E-state index < -0.39 is 36.5 Å². The van der Waals surface area contributed by atoms with Gasteiger partial charge in [-0.1, -0.05) is 32.0 Å². The molecule has 0 bridgehead atoms. The number of ether oxygens (including phenoxy) is 1. The van der Waals surface area contributed by atoms with Gasteiger partial charge in [-0.2, -0.15) is 0 Å². The lowest BCUT2D eigenvalue weighted by Crippen LogP contribution is -2.45. The van der Waals surface area contributed by atoms with Gasteiger partial charge in [-0.25, -0.2) is 9.59 Å². The summed E-state index contributed by atoms with van der Waals surface area (Å²) in [5, 5.41) is 8.07. The van der Waals surface area contributed by atoms with E-state index in [1.807, 2.05) is 38.1 Å². The normalized spacial score (nSPS) is 11.7. The monoisotopic (exact) mass is 402 g/mol. The van der Waals surface area contributed by atoms with Gasteiger partial charge in [0.25, 0.3) is 5.91 Å². The minimum absolute atomic E-state index is 0.193. The van der Waals surface area contributed by atoms with Gasteiger partial charge < -0.3 is 20.4 Å². The maximum Gasteiger partial charge on any atom is 0.329 e. The molecule has 0 fully saturated rings. The second kappa shape index (κ2) is 10.3. The quantitative estimate of drug-likeness (QED) is 0.494. The summed E-state index contributed by atoms with van der Waals surface area (Å²) in [7, 11) is 0. The lowest BCUT2D eigenvalue weighted by atomic mass is 10.0. The molecule has 1 aromatic carbocycles. The van der Waals surface area contributed by atoms with Gasteiger partial charge >= 0.3 is 12.0 Å². The minimum Gasteiger partial charge on any atom is -0.454 e. The molecule has 0 spiro atoms. The van der Waals surface area contributed by atoms with Crippen molar-refractivity contribution in [3.63, 3.8) is 0 Å². The number of carbonyl (C=O) groups excluding carboxylic acids is 4. The Labute approximate surface area is 168 Å². The van der Waals surface area contributed by atoms with Crippen LogP contribution in [-0.2, 0) is 25.5 Å². The van der Waals surface area contributed by atoms with Crippen LogP contribution in [0.15, 0.2) is 30.5 Å². The van der Waals surface area contributed by atoms with Crippen molar-refractivity contribution in [1.82, 2.24) is 20.9 Å². The summed E-state index contributed by atoms with van der Waals surface area (Å²) in [4.78, 5) is 50.4. The van der Waals surface area contributed by atoms with Crippen LogP contribution < -0.4 is 16.0 Å². The van der Waals surface area contributed by atoms with Crippen LogP contribution in [0, 0.1) is 5.92 Å². The maximum atomic E-state index is 12.4. The number of imide groups is 1. The van der Waals surface area contributed by atoms with E-state index in [1.165, 1.54) is 6.92 Å². The Balaban J connectivity index is 1.94. The number of fused-ring (bicyclic) bond motifs is 1. The summed E-state index contributed by atoms with van der Waals surface area (Å²) >= 11 is 0. The average Bonchev–Trinajstić information content (AvgIpc) is 3.06. The van der Waals surface area contributed by atoms with E-state index in [9.17, 15) is 19.2 Å². The zero-order valence-corrected chi connectivity index (χ0v) is 16.7. The molecule has 2 aromatic rings. The summed E-state index contributed by atoms with van der Waals surface area (Å²) in [5.41, 5.74) is 1.73. The highest BCUT2D eigenvalue weighted by atomic mass is 16.5. The number of rotatable bonds is 8. The molecular formula is C20H26N4O5. The zero-order chi connectivity index (χ0) is 21.4. The Bertz CT molecular complexity index is 890. The van der Waals surface area contributed by atoms with Crippen LogP contribution in [0.5, 0.6) is 0 Å². The van der Waals surface area contributed by atoms with Crippen LogP contribution >= 0.6 is 0 Å². The molecule has 29 heavy (non-hydrogen) atoms. The highest BCUT2D eigenvalue weighted by Gasteiger charge is 2.24. The van der Waals surface area contributed by atoms with E-state index in [4.69, 9.17) is 4.74 Å². The van der Waals surface area contributed by atoms with Crippen LogP contribution in [0.25, 0.3) is 10.9 Å². The number of benzene rings is 1. The van der Waals surface area contributed by atoms with E-state index in [0.29, 0.717) is 6.54 Å². The van der Waals surface area contributed by atoms with Gasteiger partial charge in [0.2, 0.25) is 5.91 Å². The Morgan fingerprint density at radius 3 is 2.55 bits per heavy atom. The number of H-pyrrole nitrogens is 1. The highest BCUT2D eigenvalue weighted by Crippen LogP contribution is 2.19. The van der Waals surface area contributed by atoms with Gasteiger partial charge in [-0.15, -0.1) is 0 Å². The number of hydrogen-bond acceptors (Lipinski definition) is 5. The molecule has 0 saturated carbocycles. The van der Waals surface area contributed by atoms with Crippen molar-refractivity contribution >= 4 is 34.7 Å². The smallest absolute Gasteiger partial charge is 0.329 e. The molecule has 0 aliphatic carbocycles. The number of urea groups is 1. The fourth-order valence-electron chi connectivity index (χ4n) is 2.70. The topological polar surface area (TPSA) is 129 Å². The molecule has 0 unspecified atom stereocenters. The first-order chi connectivity index (χ1) is 13.8. The fourth-order valence-corrected chi connectivity index (χ4v) is 2.70. The molecule has 1 atom stereocenters. The van der Waals surface area contributed by atoms with Crippen LogP contribution in [0.3, 0.4) is 0 Å². The first-order valence-electron chi connectivity index (χ1n) is 9.32. The van der Waals surface area contributed by atoms with Crippen molar-refractivity contribution in [2.24, 2.45) is 5.92 Å². The number of hydrogen-bond donors (Lipinski definition) is 4. The molecule has 156 valence electrons. The molecule has 4 amide bonds. The third-order valence-corrected chi connectivity index (χ3v) is 4.03. The number of para-hydroxylation sites is 1. The number of aromatic nitrogens is 1. The number of esters is 1. The molecule has 0 saturated heterocycles. The van der Waals surface area contributed by atoms with Crippen LogP contribution in [0.1, 0.15) is 26.3 Å². The van der Waals surface area contributed by atoms with E-state index in [-0.39, 0.29) is 12.3 Å². The lowest BCUT2D eigenvalue weighted by Gasteiger charge is -2.16. The highest BCUT2D eigenvalue weighted by molar-refractivity contribution is 5.96. The SMILES string of the molecule is CC(=O)N[C@@H](Cc1c[nH]c2ccccc12)C(=O)OCC(=O)NC(=O)NCC(C)C. The first-order valence-corrected chi connectivity index (χ1v) is 9.32. The average molecular weight is 402 g/mol. The first kappa shape index (κ1) is 21.9. The summed E-state index contributed by atoms with van der Waals surface area (Å²) in [5.74, 6) is -1.68. The number of nitrogens with one attached hydrogen (secondary N) is 4. The summed E-state index contributed by atoms with van der Waals surface area (Å²) in [6.45, 7) is 4.91. The molecule has 2 rings (SSSR count). The molecule has 9 nitrogen and oxygen atoms in total. The standard InChI is InChI=1S/C20H26N4O5/c1-12(2)9-22-20(28)24-18(26)11-29-19(27)17(23-13(3)25)8-14-10-21-16-7-5-4-6-15(14)16/h4-7,10,12,17,21H,8-9,11H2,1-3H3,(H,23,25)(H2,22,24,26,28)/t17-/m0/s1. The van der Waals surface area contributed by atoms with Crippen LogP contribution in [0.4, 0.5) is 4.79 Å². The minimum atomic E-state index is -0.964. The number of carbonyl (C=O) groups is 4. The third kappa shape index (κ3) is 6.95. The van der Waals surface area contributed by atoms with Gasteiger partial charge in [0.05, 0.1) is 0 Å². The Kier molecular flexibility index (Phi) is 7.76. The number of aromatic amines is 1. The van der Waals surface area contributed by atoms with Crippen molar-refractivity contribution in [1.29, 1.82) is 0 Å². The van der Waals surface area contributed by atoms with Crippen LogP contribution in [0.2, 0.25) is 0 Å². The predicted octanol–water partition coefficient (Wildman–Crippen LogP) is 1.24. The van der Waals surface area contributed by atoms with Crippen LogP contribution in [-0.4, -0.2) is 48.0 Å². The largest absolute Gasteiger partial charge is 0.454 e. The van der Waals surface area contributed by atoms with E-state index in [2.05, 4.69) is 20.9 Å². The molecule has 0 radical (unpaired) electrons. The second-order valence-corrected chi connectivity index (χ2v) is 7.08. The lowest BCUT2D eigenvalue weighted by molar-refractivity contribution is -0.151. The van der Waals surface area contributed by atoms with Gasteiger partial charge in [0.15, 0.2) is 6.61 Å². The van der Waals surface area contributed by atoms with Gasteiger partial charge in [0, 0.05) is 37.0 Å². The summed E-state index contributed by atoms with van der Waals surface area (Å²) in [6.07, 6.45) is 1.96. The van der Waals surface area contributed by atoms with Crippen molar-refractivity contribution in [2.75, 3.05) is 13.2 Å². The Morgan fingerprint density at radius 2 is 1.86 bits per heavy atom. The maximum absolute atomic E-state index is 12.4. The molecule has 0 aliphatic heterocycles. The van der Waals surface area contributed by atoms with Crippen molar-refractivity contribution < 1.29 is 23.9 Å². The molecule has 1 heterocycles. The van der Waals surface area contributed by atoms with E-state index in [0.717, 1.165) is 16.5 Å². The van der Waals surface area contributed by atoms with Gasteiger partial charge in [-0.3, -0.25) is 14.9 Å². The Morgan fingerprint density at radius 1 is 1.14 bits per heavy atom. The molecule has 0 aliphatic rings. The summed E-state index contributed by atoms with van der Waals surface area (Å²) < 4.78 is 5.00. The molecular weight excluding hydrogens is 376 g/mol. The van der Waals surface area contributed by atoms with Crippen molar-refractivity contribution in [2.45, 2.75) is 33.2 Å². The molecule has 4 N–H and O–H groups in total. The fraction of sp³-hybridized carbons (Fsp3) is 0.400. The van der Waals surface area contributed by atoms with E-state index in [1.54, 1.807) is 6.20 Å². The zero-order valence-electron chi connectivity index (χ0n) is 16.7. The van der Waals surface area contributed by atoms with E-state index >= 15 is 0 Å². The summed E-state index contributed by atoms with van der Waals surface area (Å²) in [6, 6.07) is 5.95. The molecule has 9 heteroatoms. The predicted molar refractivity (Wildman–Crippen MR) is 107 cm³/mol. The van der Waals surface area contributed by atoms with Crippen molar-refractivity contribution in [3.8, 4) is 0 Å². The Hall–Kier alpha value is -3.36. The van der Waals surface area contributed by atoms with Gasteiger partial charge in [-0.05, 0) is 17.5 Å². The number of amides is 4. The third-order valence-electron chi connectivity index (χ3n) is 4.03.